The predicted molar refractivity (Wildman–Crippen MR) is 80.8 cm³/mol. The molecule has 0 spiro atoms. The number of hydrogen-bond donors (Lipinski definition) is 0. The van der Waals surface area contributed by atoms with Crippen molar-refractivity contribution in [1.29, 1.82) is 0 Å². The van der Waals surface area contributed by atoms with Crippen LogP contribution < -0.4 is 4.74 Å². The second-order valence-electron chi connectivity index (χ2n) is 6.81. The van der Waals surface area contributed by atoms with Crippen molar-refractivity contribution in [3.63, 3.8) is 0 Å². The van der Waals surface area contributed by atoms with Crippen LogP contribution in [0, 0.1) is 11.7 Å². The molecule has 1 aromatic carbocycles. The maximum Gasteiger partial charge on any atom is 0.248 e. The lowest BCUT2D eigenvalue weighted by Crippen LogP contribution is -2.27. The molecule has 0 N–H and O–H groups in total. The van der Waals surface area contributed by atoms with Crippen LogP contribution >= 0.6 is 0 Å². The molecule has 0 atom stereocenters. The second kappa shape index (κ2) is 6.17. The molecule has 2 aliphatic carbocycles. The smallest absolute Gasteiger partial charge is 0.248 e. The number of halogens is 3. The molecule has 0 amide bonds. The van der Waals surface area contributed by atoms with E-state index in [2.05, 4.69) is 0 Å². The first-order valence-corrected chi connectivity index (χ1v) is 8.21. The Kier molecular flexibility index (Phi) is 4.39. The van der Waals surface area contributed by atoms with E-state index in [-0.39, 0.29) is 30.1 Å². The molecule has 0 saturated heterocycles. The standard InChI is InChI=1S/C18H21F3O2/c1-11(22)14-8-15(13-2-3-13)17(9-16(14)19)23-10-12-4-6-18(20,21)7-5-12/h8-9,12-13H,2-7,10H2,1H3. The minimum Gasteiger partial charge on any atom is -0.493 e. The zero-order valence-corrected chi connectivity index (χ0v) is 13.2. The summed E-state index contributed by atoms with van der Waals surface area (Å²) < 4.78 is 46.1. The molecule has 2 saturated carbocycles. The van der Waals surface area contributed by atoms with Crippen molar-refractivity contribution in [2.24, 2.45) is 5.92 Å². The van der Waals surface area contributed by atoms with Gasteiger partial charge >= 0.3 is 0 Å². The van der Waals surface area contributed by atoms with Gasteiger partial charge in [-0.05, 0) is 56.1 Å². The van der Waals surface area contributed by atoms with Gasteiger partial charge in [-0.2, -0.15) is 0 Å². The summed E-state index contributed by atoms with van der Waals surface area (Å²) in [5, 5.41) is 0. The monoisotopic (exact) mass is 326 g/mol. The molecule has 23 heavy (non-hydrogen) atoms. The largest absolute Gasteiger partial charge is 0.493 e. The SMILES string of the molecule is CC(=O)c1cc(C2CC2)c(OCC2CCC(F)(F)CC2)cc1F. The molecule has 126 valence electrons. The summed E-state index contributed by atoms with van der Waals surface area (Å²) in [7, 11) is 0. The number of benzene rings is 1. The minimum atomic E-state index is -2.55. The average molecular weight is 326 g/mol. The third-order valence-corrected chi connectivity index (χ3v) is 4.81. The van der Waals surface area contributed by atoms with E-state index in [1.807, 2.05) is 0 Å². The molecule has 0 radical (unpaired) electrons. The molecule has 2 nitrogen and oxygen atoms in total. The third-order valence-electron chi connectivity index (χ3n) is 4.81. The number of alkyl halides is 2. The first-order chi connectivity index (χ1) is 10.9. The maximum absolute atomic E-state index is 14.0. The maximum atomic E-state index is 14.0. The highest BCUT2D eigenvalue weighted by atomic mass is 19.3. The summed E-state index contributed by atoms with van der Waals surface area (Å²) >= 11 is 0. The van der Waals surface area contributed by atoms with Gasteiger partial charge in [-0.1, -0.05) is 0 Å². The van der Waals surface area contributed by atoms with Crippen LogP contribution in [0.25, 0.3) is 0 Å². The Labute approximate surface area is 134 Å². The molecule has 2 fully saturated rings. The highest BCUT2D eigenvalue weighted by molar-refractivity contribution is 5.94. The number of hydrogen-bond acceptors (Lipinski definition) is 2. The van der Waals surface area contributed by atoms with Crippen molar-refractivity contribution >= 4 is 5.78 Å². The lowest BCUT2D eigenvalue weighted by atomic mass is 9.87. The molecule has 0 heterocycles. The summed E-state index contributed by atoms with van der Waals surface area (Å²) in [5.74, 6) is -2.56. The van der Waals surface area contributed by atoms with Crippen LogP contribution in [0.5, 0.6) is 5.75 Å². The fraction of sp³-hybridized carbons (Fsp3) is 0.611. The highest BCUT2D eigenvalue weighted by Gasteiger charge is 2.35. The Bertz CT molecular complexity index is 599. The van der Waals surface area contributed by atoms with Gasteiger partial charge in [0.25, 0.3) is 0 Å². The molecule has 0 aliphatic heterocycles. The van der Waals surface area contributed by atoms with E-state index in [0.29, 0.717) is 31.1 Å². The van der Waals surface area contributed by atoms with Crippen molar-refractivity contribution < 1.29 is 22.7 Å². The van der Waals surface area contributed by atoms with Crippen LogP contribution in [0.4, 0.5) is 13.2 Å². The fourth-order valence-electron chi connectivity index (χ4n) is 3.15. The van der Waals surface area contributed by atoms with Crippen molar-refractivity contribution in [2.75, 3.05) is 6.61 Å². The van der Waals surface area contributed by atoms with Crippen molar-refractivity contribution in [2.45, 2.75) is 57.3 Å². The van der Waals surface area contributed by atoms with E-state index in [1.165, 1.54) is 13.0 Å². The minimum absolute atomic E-state index is 0.0808. The van der Waals surface area contributed by atoms with Gasteiger partial charge in [0.15, 0.2) is 5.78 Å². The number of carbonyl (C=O) groups excluding carboxylic acids is 1. The fourth-order valence-corrected chi connectivity index (χ4v) is 3.15. The Hall–Kier alpha value is -1.52. The zero-order chi connectivity index (χ0) is 16.6. The lowest BCUT2D eigenvalue weighted by molar-refractivity contribution is -0.0498. The Balaban J connectivity index is 1.70. The van der Waals surface area contributed by atoms with Crippen LogP contribution in [0.3, 0.4) is 0 Å². The molecule has 5 heteroatoms. The second-order valence-corrected chi connectivity index (χ2v) is 6.81. The number of Topliss-reactive ketones (excluding diaryl/α,β-unsaturated/α-hetero) is 1. The van der Waals surface area contributed by atoms with Gasteiger partial charge in [0, 0.05) is 18.9 Å². The number of rotatable bonds is 5. The van der Waals surface area contributed by atoms with Gasteiger partial charge in [0.05, 0.1) is 12.2 Å². The van der Waals surface area contributed by atoms with Crippen LogP contribution in [0.1, 0.15) is 67.3 Å². The summed E-state index contributed by atoms with van der Waals surface area (Å²) in [4.78, 5) is 11.5. The molecule has 2 aliphatic rings. The Morgan fingerprint density at radius 1 is 1.22 bits per heavy atom. The topological polar surface area (TPSA) is 26.3 Å². The van der Waals surface area contributed by atoms with Gasteiger partial charge in [0.2, 0.25) is 5.92 Å². The van der Waals surface area contributed by atoms with Crippen molar-refractivity contribution in [1.82, 2.24) is 0 Å². The highest BCUT2D eigenvalue weighted by Crippen LogP contribution is 2.45. The lowest BCUT2D eigenvalue weighted by Gasteiger charge is -2.28. The van der Waals surface area contributed by atoms with E-state index in [9.17, 15) is 18.0 Å². The first-order valence-electron chi connectivity index (χ1n) is 8.21. The first kappa shape index (κ1) is 16.3. The van der Waals surface area contributed by atoms with Crippen LogP contribution in [-0.2, 0) is 0 Å². The zero-order valence-electron chi connectivity index (χ0n) is 13.2. The molecular weight excluding hydrogens is 305 g/mol. The number of carbonyl (C=O) groups is 1. The molecule has 0 unspecified atom stereocenters. The normalized spacial score (nSPS) is 21.2. The van der Waals surface area contributed by atoms with Crippen LogP contribution in [-0.4, -0.2) is 18.3 Å². The van der Waals surface area contributed by atoms with Gasteiger partial charge in [-0.25, -0.2) is 13.2 Å². The van der Waals surface area contributed by atoms with Crippen LogP contribution in [0.2, 0.25) is 0 Å². The van der Waals surface area contributed by atoms with E-state index < -0.39 is 11.7 Å². The van der Waals surface area contributed by atoms with Gasteiger partial charge in [-0.15, -0.1) is 0 Å². The van der Waals surface area contributed by atoms with E-state index in [1.54, 1.807) is 6.07 Å². The molecule has 0 bridgehead atoms. The molecule has 1 aromatic rings. The number of ether oxygens (including phenoxy) is 1. The van der Waals surface area contributed by atoms with Gasteiger partial charge < -0.3 is 4.74 Å². The third kappa shape index (κ3) is 3.88. The molecule has 3 rings (SSSR count). The Morgan fingerprint density at radius 3 is 2.43 bits per heavy atom. The van der Waals surface area contributed by atoms with E-state index in [4.69, 9.17) is 4.74 Å². The average Bonchev–Trinajstić information content (AvgIpc) is 3.30. The molecule has 0 aromatic heterocycles. The van der Waals surface area contributed by atoms with Crippen LogP contribution in [0.15, 0.2) is 12.1 Å². The Morgan fingerprint density at radius 2 is 1.87 bits per heavy atom. The summed E-state index contributed by atoms with van der Waals surface area (Å²) in [6.07, 6.45) is 2.67. The van der Waals surface area contributed by atoms with E-state index in [0.717, 1.165) is 18.4 Å². The van der Waals surface area contributed by atoms with Gasteiger partial charge in [0.1, 0.15) is 11.6 Å². The van der Waals surface area contributed by atoms with Crippen molar-refractivity contribution in [3.8, 4) is 5.75 Å². The predicted octanol–water partition coefficient (Wildman–Crippen LogP) is 5.11. The quantitative estimate of drug-likeness (QED) is 0.703. The molecular formula is C18H21F3O2. The summed E-state index contributed by atoms with van der Waals surface area (Å²) in [5.41, 5.74) is 0.967. The summed E-state index contributed by atoms with van der Waals surface area (Å²) in [6, 6.07) is 2.88. The number of ketones is 1. The van der Waals surface area contributed by atoms with Gasteiger partial charge in [-0.3, -0.25) is 4.79 Å². The van der Waals surface area contributed by atoms with E-state index >= 15 is 0 Å². The van der Waals surface area contributed by atoms with Crippen molar-refractivity contribution in [3.05, 3.63) is 29.1 Å². The summed E-state index contributed by atoms with van der Waals surface area (Å²) in [6.45, 7) is 1.67.